The molecule has 6 nitrogen and oxygen atoms in total. The van der Waals surface area contributed by atoms with E-state index in [1.165, 1.54) is 0 Å². The van der Waals surface area contributed by atoms with Crippen molar-refractivity contribution in [3.05, 3.63) is 53.9 Å². The summed E-state index contributed by atoms with van der Waals surface area (Å²) in [6, 6.07) is 11.2. The molecule has 0 saturated heterocycles. The molecule has 0 bridgehead atoms. The van der Waals surface area contributed by atoms with Crippen LogP contribution in [0.5, 0.6) is 5.75 Å². The molecule has 0 aliphatic rings. The van der Waals surface area contributed by atoms with Gasteiger partial charge in [-0.05, 0) is 32.3 Å². The normalized spacial score (nSPS) is 10.5. The third-order valence-corrected chi connectivity index (χ3v) is 3.52. The lowest BCUT2D eigenvalue weighted by Crippen LogP contribution is -2.24. The number of rotatable bonds is 8. The number of nitrogens with one attached hydrogen (secondary N) is 2. The van der Waals surface area contributed by atoms with Gasteiger partial charge in [-0.15, -0.1) is 0 Å². The van der Waals surface area contributed by atoms with Crippen LogP contribution in [0.25, 0.3) is 0 Å². The van der Waals surface area contributed by atoms with Crippen LogP contribution < -0.4 is 15.4 Å². The summed E-state index contributed by atoms with van der Waals surface area (Å²) in [7, 11) is 5.66. The fraction of sp³-hybridized carbons (Fsp3) is 0.333. The van der Waals surface area contributed by atoms with E-state index in [1.54, 1.807) is 19.4 Å². The van der Waals surface area contributed by atoms with Crippen LogP contribution in [0.4, 0.5) is 5.69 Å². The molecule has 2 N–H and O–H groups in total. The Morgan fingerprint density at radius 1 is 1.21 bits per heavy atom. The summed E-state index contributed by atoms with van der Waals surface area (Å²) in [6.45, 7) is 2.16. The second-order valence-electron chi connectivity index (χ2n) is 5.66. The minimum absolute atomic E-state index is 0.208. The Kier molecular flexibility index (Phi) is 6.57. The molecule has 0 atom stereocenters. The Morgan fingerprint density at radius 3 is 2.67 bits per heavy atom. The van der Waals surface area contributed by atoms with Crippen molar-refractivity contribution in [2.24, 2.45) is 0 Å². The molecule has 0 aliphatic heterocycles. The zero-order valence-corrected chi connectivity index (χ0v) is 14.4. The highest BCUT2D eigenvalue weighted by Crippen LogP contribution is 2.16. The first kappa shape index (κ1) is 17.7. The van der Waals surface area contributed by atoms with E-state index >= 15 is 0 Å². The van der Waals surface area contributed by atoms with E-state index < -0.39 is 0 Å². The molecule has 2 rings (SSSR count). The maximum absolute atomic E-state index is 12.2. The number of hydrogen-bond donors (Lipinski definition) is 2. The van der Waals surface area contributed by atoms with Gasteiger partial charge in [0.05, 0.1) is 19.0 Å². The Morgan fingerprint density at radius 2 is 2.00 bits per heavy atom. The van der Waals surface area contributed by atoms with Crippen LogP contribution in [-0.2, 0) is 6.54 Å². The fourth-order valence-electron chi connectivity index (χ4n) is 2.17. The molecule has 0 unspecified atom stereocenters. The van der Waals surface area contributed by atoms with E-state index in [-0.39, 0.29) is 5.91 Å². The van der Waals surface area contributed by atoms with Gasteiger partial charge in [0.25, 0.3) is 5.91 Å². The summed E-state index contributed by atoms with van der Waals surface area (Å²) < 4.78 is 5.27. The van der Waals surface area contributed by atoms with Crippen molar-refractivity contribution in [3.8, 4) is 5.75 Å². The second kappa shape index (κ2) is 8.88. The molecule has 128 valence electrons. The van der Waals surface area contributed by atoms with Crippen LogP contribution >= 0.6 is 0 Å². The number of ether oxygens (including phenoxy) is 1. The zero-order valence-electron chi connectivity index (χ0n) is 14.4. The molecule has 0 saturated carbocycles. The average molecular weight is 328 g/mol. The molecule has 0 spiro atoms. The third kappa shape index (κ3) is 5.24. The number of pyridine rings is 1. The average Bonchev–Trinajstić information content (AvgIpc) is 2.60. The first-order valence-corrected chi connectivity index (χ1v) is 7.85. The standard InChI is InChI=1S/C18H24N4O2/c1-22(2)11-10-19-15-8-9-16(20-13-15)18(23)21-12-14-6-4-5-7-17(14)24-3/h4-9,13,19H,10-12H2,1-3H3,(H,21,23). The molecule has 0 fully saturated rings. The number of benzene rings is 1. The topological polar surface area (TPSA) is 66.5 Å². The van der Waals surface area contributed by atoms with Gasteiger partial charge in [-0.1, -0.05) is 18.2 Å². The summed E-state index contributed by atoms with van der Waals surface area (Å²) in [6.07, 6.45) is 1.67. The van der Waals surface area contributed by atoms with Crippen LogP contribution in [0.3, 0.4) is 0 Å². The van der Waals surface area contributed by atoms with E-state index in [4.69, 9.17) is 4.74 Å². The Hall–Kier alpha value is -2.60. The predicted octanol–water partition coefficient (Wildman–Crippen LogP) is 1.99. The van der Waals surface area contributed by atoms with E-state index in [0.29, 0.717) is 12.2 Å². The van der Waals surface area contributed by atoms with Crippen LogP contribution in [-0.4, -0.2) is 50.1 Å². The van der Waals surface area contributed by atoms with Crippen molar-refractivity contribution in [1.29, 1.82) is 0 Å². The van der Waals surface area contributed by atoms with Gasteiger partial charge in [-0.2, -0.15) is 0 Å². The van der Waals surface area contributed by atoms with Gasteiger partial charge in [0.2, 0.25) is 0 Å². The number of amides is 1. The minimum Gasteiger partial charge on any atom is -0.496 e. The van der Waals surface area contributed by atoms with Gasteiger partial charge in [0.1, 0.15) is 11.4 Å². The number of carbonyl (C=O) groups excluding carboxylic acids is 1. The maximum Gasteiger partial charge on any atom is 0.270 e. The Bertz CT molecular complexity index is 656. The molecule has 0 radical (unpaired) electrons. The van der Waals surface area contributed by atoms with Gasteiger partial charge >= 0.3 is 0 Å². The predicted molar refractivity (Wildman–Crippen MR) is 95.4 cm³/mol. The molecular formula is C18H24N4O2. The highest BCUT2D eigenvalue weighted by molar-refractivity contribution is 5.92. The van der Waals surface area contributed by atoms with Crippen LogP contribution in [0.1, 0.15) is 16.1 Å². The lowest BCUT2D eigenvalue weighted by atomic mass is 10.2. The Balaban J connectivity index is 1.88. The van der Waals surface area contributed by atoms with E-state index in [1.807, 2.05) is 44.4 Å². The van der Waals surface area contributed by atoms with Gasteiger partial charge < -0.3 is 20.3 Å². The third-order valence-electron chi connectivity index (χ3n) is 3.52. The van der Waals surface area contributed by atoms with Gasteiger partial charge in [-0.3, -0.25) is 4.79 Å². The summed E-state index contributed by atoms with van der Waals surface area (Å²) in [5, 5.41) is 6.12. The van der Waals surface area contributed by atoms with Gasteiger partial charge in [0, 0.05) is 25.2 Å². The summed E-state index contributed by atoms with van der Waals surface area (Å²) in [5.41, 5.74) is 2.22. The molecule has 6 heteroatoms. The minimum atomic E-state index is -0.208. The first-order chi connectivity index (χ1) is 11.6. The number of anilines is 1. The molecule has 1 aromatic heterocycles. The monoisotopic (exact) mass is 328 g/mol. The molecular weight excluding hydrogens is 304 g/mol. The quantitative estimate of drug-likeness (QED) is 0.776. The first-order valence-electron chi connectivity index (χ1n) is 7.85. The summed E-state index contributed by atoms with van der Waals surface area (Å²) >= 11 is 0. The van der Waals surface area contributed by atoms with Crippen LogP contribution in [0.2, 0.25) is 0 Å². The van der Waals surface area contributed by atoms with E-state index in [0.717, 1.165) is 30.1 Å². The smallest absolute Gasteiger partial charge is 0.270 e. The number of carbonyl (C=O) groups is 1. The summed E-state index contributed by atoms with van der Waals surface area (Å²) in [5.74, 6) is 0.548. The largest absolute Gasteiger partial charge is 0.496 e. The molecule has 1 amide bonds. The van der Waals surface area contributed by atoms with Gasteiger partial charge in [0.15, 0.2) is 0 Å². The van der Waals surface area contributed by atoms with Crippen molar-refractivity contribution < 1.29 is 9.53 Å². The SMILES string of the molecule is COc1ccccc1CNC(=O)c1ccc(NCCN(C)C)cn1. The van der Waals surface area contributed by atoms with E-state index in [2.05, 4.69) is 20.5 Å². The molecule has 1 aromatic carbocycles. The second-order valence-corrected chi connectivity index (χ2v) is 5.66. The van der Waals surface area contributed by atoms with Crippen molar-refractivity contribution in [1.82, 2.24) is 15.2 Å². The molecule has 0 aliphatic carbocycles. The van der Waals surface area contributed by atoms with Crippen LogP contribution in [0, 0.1) is 0 Å². The fourth-order valence-corrected chi connectivity index (χ4v) is 2.17. The molecule has 1 heterocycles. The highest BCUT2D eigenvalue weighted by Gasteiger charge is 2.08. The van der Waals surface area contributed by atoms with Crippen molar-refractivity contribution in [2.75, 3.05) is 39.6 Å². The van der Waals surface area contributed by atoms with Crippen LogP contribution in [0.15, 0.2) is 42.6 Å². The number of methoxy groups -OCH3 is 1. The maximum atomic E-state index is 12.2. The number of nitrogens with zero attached hydrogens (tertiary/aromatic N) is 2. The number of aromatic nitrogens is 1. The number of hydrogen-bond acceptors (Lipinski definition) is 5. The van der Waals surface area contributed by atoms with Crippen molar-refractivity contribution in [3.63, 3.8) is 0 Å². The lowest BCUT2D eigenvalue weighted by molar-refractivity contribution is 0.0945. The lowest BCUT2D eigenvalue weighted by Gasteiger charge is -2.11. The highest BCUT2D eigenvalue weighted by atomic mass is 16.5. The van der Waals surface area contributed by atoms with E-state index in [9.17, 15) is 4.79 Å². The zero-order chi connectivity index (χ0) is 17.4. The van der Waals surface area contributed by atoms with Gasteiger partial charge in [-0.25, -0.2) is 4.98 Å². The van der Waals surface area contributed by atoms with Crippen molar-refractivity contribution >= 4 is 11.6 Å². The molecule has 2 aromatic rings. The number of para-hydroxylation sites is 1. The molecule has 24 heavy (non-hydrogen) atoms. The Labute approximate surface area is 142 Å². The number of likely N-dealkylation sites (N-methyl/N-ethyl adjacent to an activating group) is 1. The summed E-state index contributed by atoms with van der Waals surface area (Å²) in [4.78, 5) is 18.5. The van der Waals surface area contributed by atoms with Crippen molar-refractivity contribution in [2.45, 2.75) is 6.54 Å².